The van der Waals surface area contributed by atoms with Gasteiger partial charge in [-0.2, -0.15) is 0 Å². The summed E-state index contributed by atoms with van der Waals surface area (Å²) in [6.07, 6.45) is 1.52. The van der Waals surface area contributed by atoms with Gasteiger partial charge in [0.15, 0.2) is 9.84 Å². The summed E-state index contributed by atoms with van der Waals surface area (Å²) in [6, 6.07) is 17.9. The van der Waals surface area contributed by atoms with Crippen molar-refractivity contribution >= 4 is 59.5 Å². The van der Waals surface area contributed by atoms with Gasteiger partial charge in [0, 0.05) is 35.1 Å². The van der Waals surface area contributed by atoms with E-state index in [1.54, 1.807) is 19.9 Å². The Kier molecular flexibility index (Phi) is 9.47. The van der Waals surface area contributed by atoms with Gasteiger partial charge in [-0.25, -0.2) is 27.8 Å². The Morgan fingerprint density at radius 3 is 2.71 bits per heavy atom. The van der Waals surface area contributed by atoms with E-state index >= 15 is 0 Å². The zero-order valence-electron chi connectivity index (χ0n) is 23.0. The normalized spacial score (nSPS) is 11.7. The molecule has 0 unspecified atom stereocenters. The van der Waals surface area contributed by atoms with Crippen molar-refractivity contribution in [3.63, 3.8) is 0 Å². The molecule has 0 bridgehead atoms. The van der Waals surface area contributed by atoms with Gasteiger partial charge in [-0.3, -0.25) is 0 Å². The van der Waals surface area contributed by atoms with Crippen LogP contribution in [0.25, 0.3) is 22.2 Å². The second-order valence-electron chi connectivity index (χ2n) is 9.86. The number of ether oxygens (including phenoxy) is 1. The molecule has 0 fully saturated rings. The summed E-state index contributed by atoms with van der Waals surface area (Å²) in [7, 11) is -3.07. The molecular weight excluding hydrogens is 641 g/mol. The molecule has 0 radical (unpaired) electrons. The third-order valence-corrected chi connectivity index (χ3v) is 10.2. The average Bonchev–Trinajstić information content (AvgIpc) is 3.44. The number of rotatable bonds is 12. The highest BCUT2D eigenvalue weighted by Crippen LogP contribution is 2.33. The molecule has 0 aliphatic heterocycles. The molecule has 12 heteroatoms. The van der Waals surface area contributed by atoms with Crippen LogP contribution in [0.3, 0.4) is 0 Å². The topological polar surface area (TPSA) is 106 Å². The van der Waals surface area contributed by atoms with E-state index in [1.165, 1.54) is 29.8 Å². The van der Waals surface area contributed by atoms with Crippen LogP contribution in [0, 0.1) is 5.82 Å². The highest BCUT2D eigenvalue weighted by molar-refractivity contribution is 9.10. The molecule has 0 saturated heterocycles. The van der Waals surface area contributed by atoms with E-state index < -0.39 is 9.84 Å². The maximum atomic E-state index is 13.5. The summed E-state index contributed by atoms with van der Waals surface area (Å²) in [5.41, 5.74) is 4.08. The summed E-state index contributed by atoms with van der Waals surface area (Å²) >= 11 is 5.09. The van der Waals surface area contributed by atoms with Gasteiger partial charge in [-0.1, -0.05) is 18.2 Å². The van der Waals surface area contributed by atoms with E-state index in [0.717, 1.165) is 42.9 Å². The number of nitrogens with one attached hydrogen (secondary N) is 2. The van der Waals surface area contributed by atoms with Gasteiger partial charge >= 0.3 is 0 Å². The van der Waals surface area contributed by atoms with Gasteiger partial charge < -0.3 is 15.4 Å². The number of aromatic nitrogens is 3. The van der Waals surface area contributed by atoms with Crippen molar-refractivity contribution in [3.8, 4) is 17.0 Å². The van der Waals surface area contributed by atoms with E-state index in [9.17, 15) is 12.8 Å². The van der Waals surface area contributed by atoms with Crippen molar-refractivity contribution in [2.45, 2.75) is 32.2 Å². The molecule has 2 N–H and O–H groups in total. The minimum atomic E-state index is -3.07. The molecule has 5 aromatic rings. The Hall–Kier alpha value is -3.45. The van der Waals surface area contributed by atoms with Gasteiger partial charge in [-0.15, -0.1) is 11.3 Å². The van der Waals surface area contributed by atoms with Crippen molar-refractivity contribution < 1.29 is 17.5 Å². The molecule has 0 spiro atoms. The lowest BCUT2D eigenvalue weighted by Crippen LogP contribution is -2.26. The molecule has 0 atom stereocenters. The Morgan fingerprint density at radius 1 is 1.07 bits per heavy atom. The summed E-state index contributed by atoms with van der Waals surface area (Å²) in [5.74, 6) is 1.08. The van der Waals surface area contributed by atoms with Gasteiger partial charge in [0.2, 0.25) is 0 Å². The van der Waals surface area contributed by atoms with Crippen molar-refractivity contribution in [1.29, 1.82) is 0 Å². The van der Waals surface area contributed by atoms with E-state index in [1.807, 2.05) is 47.8 Å². The highest BCUT2D eigenvalue weighted by atomic mass is 79.9. The quantitative estimate of drug-likeness (QED) is 0.138. The van der Waals surface area contributed by atoms with Crippen LogP contribution in [0.4, 0.5) is 15.9 Å². The van der Waals surface area contributed by atoms with Crippen LogP contribution in [-0.2, 0) is 23.0 Å². The minimum absolute atomic E-state index is 0.102. The fraction of sp³-hybridized carbons (Fsp3) is 0.233. The molecule has 3 aromatic carbocycles. The van der Waals surface area contributed by atoms with Crippen molar-refractivity contribution in [3.05, 3.63) is 93.2 Å². The standard InChI is InChI=1S/C30H29BrFN5O3S2/c1-19(2)42(38,39)11-10-33-15-29-37-27(17-41-29)21-6-8-26-24(13-21)30(35-18-34-26)36-23-7-9-28(25(31)14-23)40-16-20-4-3-5-22(32)12-20/h3-9,12-14,17-19,33H,10-11,15-16H2,1-2H3,(H,34,35,36). The van der Waals surface area contributed by atoms with Crippen LogP contribution < -0.4 is 15.4 Å². The van der Waals surface area contributed by atoms with Crippen LogP contribution in [0.1, 0.15) is 24.4 Å². The zero-order chi connectivity index (χ0) is 29.7. The maximum Gasteiger partial charge on any atom is 0.153 e. The summed E-state index contributed by atoms with van der Waals surface area (Å²) in [4.78, 5) is 13.6. The molecule has 0 amide bonds. The lowest BCUT2D eigenvalue weighted by Gasteiger charge is -2.12. The number of fused-ring (bicyclic) bond motifs is 1. The third kappa shape index (κ3) is 7.49. The Labute approximate surface area is 256 Å². The average molecular weight is 671 g/mol. The molecule has 2 heterocycles. The Bertz CT molecular complexity index is 1810. The smallest absolute Gasteiger partial charge is 0.153 e. The Morgan fingerprint density at radius 2 is 1.93 bits per heavy atom. The maximum absolute atomic E-state index is 13.5. The molecule has 218 valence electrons. The van der Waals surface area contributed by atoms with E-state index in [-0.39, 0.29) is 23.4 Å². The summed E-state index contributed by atoms with van der Waals surface area (Å²) in [6.45, 7) is 4.52. The first-order chi connectivity index (χ1) is 20.2. The first-order valence-electron chi connectivity index (χ1n) is 13.2. The predicted octanol–water partition coefficient (Wildman–Crippen LogP) is 6.89. The lowest BCUT2D eigenvalue weighted by molar-refractivity contribution is 0.303. The van der Waals surface area contributed by atoms with E-state index in [4.69, 9.17) is 9.72 Å². The van der Waals surface area contributed by atoms with Crippen molar-refractivity contribution in [2.24, 2.45) is 0 Å². The van der Waals surface area contributed by atoms with Crippen LogP contribution in [0.5, 0.6) is 5.75 Å². The molecule has 2 aromatic heterocycles. The summed E-state index contributed by atoms with van der Waals surface area (Å²) < 4.78 is 44.1. The van der Waals surface area contributed by atoms with Crippen molar-refractivity contribution in [2.75, 3.05) is 17.6 Å². The molecule has 0 aliphatic carbocycles. The summed E-state index contributed by atoms with van der Waals surface area (Å²) in [5, 5.41) is 9.87. The van der Waals surface area contributed by atoms with Crippen LogP contribution in [-0.4, -0.2) is 40.9 Å². The fourth-order valence-electron chi connectivity index (χ4n) is 4.11. The number of benzene rings is 3. The van der Waals surface area contributed by atoms with E-state index in [2.05, 4.69) is 36.5 Å². The zero-order valence-corrected chi connectivity index (χ0v) is 26.2. The third-order valence-electron chi connectivity index (χ3n) is 6.52. The van der Waals surface area contributed by atoms with Crippen LogP contribution in [0.15, 0.2) is 76.8 Å². The van der Waals surface area contributed by atoms with Crippen LogP contribution in [0.2, 0.25) is 0 Å². The van der Waals surface area contributed by atoms with Gasteiger partial charge in [0.05, 0.1) is 26.7 Å². The number of thiazole rings is 1. The van der Waals surface area contributed by atoms with Gasteiger partial charge in [0.25, 0.3) is 0 Å². The van der Waals surface area contributed by atoms with Gasteiger partial charge in [-0.05, 0) is 77.8 Å². The first kappa shape index (κ1) is 30.0. The second kappa shape index (κ2) is 13.2. The number of sulfone groups is 1. The number of halogens is 2. The Balaban J connectivity index is 1.27. The molecule has 42 heavy (non-hydrogen) atoms. The van der Waals surface area contributed by atoms with Crippen molar-refractivity contribution in [1.82, 2.24) is 20.3 Å². The molecule has 8 nitrogen and oxygen atoms in total. The van der Waals surface area contributed by atoms with Crippen LogP contribution >= 0.6 is 27.3 Å². The number of hydrogen-bond donors (Lipinski definition) is 2. The molecular formula is C30H29BrFN5O3S2. The molecule has 0 aliphatic rings. The number of nitrogens with zero attached hydrogens (tertiary/aromatic N) is 3. The number of anilines is 2. The SMILES string of the molecule is CC(C)S(=O)(=O)CCNCc1nc(-c2ccc3ncnc(Nc4ccc(OCc5cccc(F)c5)c(Br)c4)c3c2)cs1. The second-order valence-corrected chi connectivity index (χ2v) is 14.3. The minimum Gasteiger partial charge on any atom is -0.488 e. The largest absolute Gasteiger partial charge is 0.488 e. The van der Waals surface area contributed by atoms with E-state index in [0.29, 0.717) is 24.7 Å². The predicted molar refractivity (Wildman–Crippen MR) is 169 cm³/mol. The monoisotopic (exact) mass is 669 g/mol. The molecule has 5 rings (SSSR count). The fourth-order valence-corrected chi connectivity index (χ4v) is 6.27. The lowest BCUT2D eigenvalue weighted by atomic mass is 10.1. The number of hydrogen-bond acceptors (Lipinski definition) is 9. The van der Waals surface area contributed by atoms with Gasteiger partial charge in [0.1, 0.15) is 35.3 Å². The first-order valence-corrected chi connectivity index (χ1v) is 16.6. The molecule has 0 saturated carbocycles. The highest BCUT2D eigenvalue weighted by Gasteiger charge is 2.15.